The van der Waals surface area contributed by atoms with Gasteiger partial charge in [-0.3, -0.25) is 14.9 Å². The Labute approximate surface area is 142 Å². The van der Waals surface area contributed by atoms with Gasteiger partial charge in [0.1, 0.15) is 12.4 Å². The van der Waals surface area contributed by atoms with Crippen molar-refractivity contribution in [3.05, 3.63) is 32.8 Å². The summed E-state index contributed by atoms with van der Waals surface area (Å²) >= 11 is 5.86. The summed E-state index contributed by atoms with van der Waals surface area (Å²) in [5, 5.41) is 10.7. The molecule has 0 aromatic heterocycles. The Bertz CT molecular complexity index is 508. The first kappa shape index (κ1) is 23.4. The van der Waals surface area contributed by atoms with Gasteiger partial charge in [-0.05, 0) is 20.2 Å². The number of carbonyl (C=O) groups excluding carboxylic acids is 1. The van der Waals surface area contributed by atoms with Gasteiger partial charge < -0.3 is 15.4 Å². The van der Waals surface area contributed by atoms with Crippen LogP contribution in [0.25, 0.3) is 0 Å². The molecule has 8 heteroatoms. The summed E-state index contributed by atoms with van der Waals surface area (Å²) in [4.78, 5) is 23.1. The third-order valence-electron chi connectivity index (χ3n) is 2.30. The van der Waals surface area contributed by atoms with Crippen molar-refractivity contribution in [3.8, 4) is 5.75 Å². The van der Waals surface area contributed by atoms with E-state index in [1.165, 1.54) is 6.07 Å². The van der Waals surface area contributed by atoms with Gasteiger partial charge >= 0.3 is 0 Å². The van der Waals surface area contributed by atoms with Crippen molar-refractivity contribution in [3.63, 3.8) is 0 Å². The summed E-state index contributed by atoms with van der Waals surface area (Å²) in [6, 6.07) is 2.33. The van der Waals surface area contributed by atoms with E-state index in [0.717, 1.165) is 6.07 Å². The lowest BCUT2D eigenvalue weighted by atomic mass is 10.2. The third-order valence-corrected chi connectivity index (χ3v) is 2.68. The molecule has 0 radical (unpaired) electrons. The Morgan fingerprint density at radius 2 is 1.83 bits per heavy atom. The first-order valence-electron chi connectivity index (χ1n) is 7.38. The number of hydrogen-bond acceptors (Lipinski definition) is 5. The SMILES string of the molecule is CC.CC.CN(C)CCOc1cc(C(N)=O)cc([N+](=O)[O-])c1Cl. The lowest BCUT2D eigenvalue weighted by Gasteiger charge is -2.12. The Hall–Kier alpha value is -1.86. The number of nitro groups is 1. The van der Waals surface area contributed by atoms with E-state index in [1.807, 2.05) is 46.7 Å². The highest BCUT2D eigenvalue weighted by Crippen LogP contribution is 2.35. The van der Waals surface area contributed by atoms with Gasteiger partial charge in [-0.15, -0.1) is 0 Å². The number of halogens is 1. The lowest BCUT2D eigenvalue weighted by molar-refractivity contribution is -0.384. The molecule has 1 aromatic carbocycles. The van der Waals surface area contributed by atoms with Gasteiger partial charge in [-0.25, -0.2) is 0 Å². The van der Waals surface area contributed by atoms with Crippen molar-refractivity contribution < 1.29 is 14.5 Å². The molecule has 1 aromatic rings. The molecular weight excluding hydrogens is 322 g/mol. The van der Waals surface area contributed by atoms with E-state index < -0.39 is 16.5 Å². The van der Waals surface area contributed by atoms with Gasteiger partial charge in [0.25, 0.3) is 5.69 Å². The van der Waals surface area contributed by atoms with Crippen LogP contribution in [0, 0.1) is 10.1 Å². The molecule has 0 aliphatic carbocycles. The fraction of sp³-hybridized carbons (Fsp3) is 0.533. The number of ether oxygens (including phenoxy) is 1. The van der Waals surface area contributed by atoms with Crippen LogP contribution in [-0.2, 0) is 0 Å². The molecule has 0 heterocycles. The van der Waals surface area contributed by atoms with Crippen LogP contribution in [0.4, 0.5) is 5.69 Å². The normalized spacial score (nSPS) is 9.22. The van der Waals surface area contributed by atoms with Crippen LogP contribution in [-0.4, -0.2) is 43.0 Å². The number of nitro benzene ring substituents is 1. The van der Waals surface area contributed by atoms with Crippen LogP contribution in [0.1, 0.15) is 38.1 Å². The Morgan fingerprint density at radius 1 is 1.30 bits per heavy atom. The zero-order chi connectivity index (χ0) is 18.6. The number of nitrogens with two attached hydrogens (primary N) is 1. The smallest absolute Gasteiger partial charge is 0.292 e. The summed E-state index contributed by atoms with van der Waals surface area (Å²) < 4.78 is 5.34. The molecular formula is C15H26ClN3O4. The number of likely N-dealkylation sites (N-methyl/N-ethyl adjacent to an activating group) is 1. The topological polar surface area (TPSA) is 98.7 Å². The molecule has 0 saturated carbocycles. The number of rotatable bonds is 6. The largest absolute Gasteiger partial charge is 0.490 e. The van der Waals surface area contributed by atoms with Crippen molar-refractivity contribution in [1.82, 2.24) is 4.90 Å². The fourth-order valence-corrected chi connectivity index (χ4v) is 1.53. The van der Waals surface area contributed by atoms with Gasteiger partial charge in [-0.2, -0.15) is 0 Å². The van der Waals surface area contributed by atoms with E-state index in [0.29, 0.717) is 6.54 Å². The zero-order valence-electron chi connectivity index (χ0n) is 14.6. The molecule has 0 bridgehead atoms. The zero-order valence-corrected chi connectivity index (χ0v) is 15.3. The molecule has 0 aliphatic rings. The highest BCUT2D eigenvalue weighted by atomic mass is 35.5. The maximum atomic E-state index is 11.1. The number of hydrogen-bond donors (Lipinski definition) is 1. The summed E-state index contributed by atoms with van der Waals surface area (Å²) in [6.07, 6.45) is 0. The number of nitrogens with zero attached hydrogens (tertiary/aromatic N) is 2. The van der Waals surface area contributed by atoms with E-state index in [2.05, 4.69) is 0 Å². The molecule has 0 spiro atoms. The van der Waals surface area contributed by atoms with Crippen LogP contribution in [0.2, 0.25) is 5.02 Å². The Balaban J connectivity index is 0. The average molecular weight is 348 g/mol. The number of amides is 1. The molecule has 0 unspecified atom stereocenters. The third kappa shape index (κ3) is 8.37. The summed E-state index contributed by atoms with van der Waals surface area (Å²) in [5.74, 6) is -0.705. The Morgan fingerprint density at radius 3 is 2.22 bits per heavy atom. The number of benzene rings is 1. The Kier molecular flexibility index (Phi) is 12.9. The summed E-state index contributed by atoms with van der Waals surface area (Å²) in [6.45, 7) is 8.89. The molecule has 0 aliphatic heterocycles. The lowest BCUT2D eigenvalue weighted by Crippen LogP contribution is -2.20. The van der Waals surface area contributed by atoms with Crippen LogP contribution >= 0.6 is 11.6 Å². The van der Waals surface area contributed by atoms with Crippen LogP contribution in [0.3, 0.4) is 0 Å². The van der Waals surface area contributed by atoms with E-state index >= 15 is 0 Å². The monoisotopic (exact) mass is 347 g/mol. The summed E-state index contributed by atoms with van der Waals surface area (Å²) in [7, 11) is 3.71. The van der Waals surface area contributed by atoms with Crippen molar-refractivity contribution in [2.45, 2.75) is 27.7 Å². The minimum Gasteiger partial charge on any atom is -0.490 e. The van der Waals surface area contributed by atoms with Crippen molar-refractivity contribution in [2.75, 3.05) is 27.2 Å². The molecule has 132 valence electrons. The minimum absolute atomic E-state index is 0.0176. The second-order valence-electron chi connectivity index (χ2n) is 4.08. The summed E-state index contributed by atoms with van der Waals surface area (Å²) in [5.41, 5.74) is 4.69. The number of primary amides is 1. The van der Waals surface area contributed by atoms with Crippen molar-refractivity contribution in [1.29, 1.82) is 0 Å². The maximum Gasteiger partial charge on any atom is 0.292 e. The van der Waals surface area contributed by atoms with Crippen LogP contribution in [0.15, 0.2) is 12.1 Å². The standard InChI is InChI=1S/C11H14ClN3O4.2C2H6/c1-14(2)3-4-19-9-6-7(11(13)16)5-8(10(9)12)15(17)18;2*1-2/h5-6H,3-4H2,1-2H3,(H2,13,16);2*1-2H3. The van der Waals surface area contributed by atoms with E-state index in [9.17, 15) is 14.9 Å². The van der Waals surface area contributed by atoms with Crippen molar-refractivity contribution >= 4 is 23.2 Å². The van der Waals surface area contributed by atoms with E-state index in [-0.39, 0.29) is 22.9 Å². The number of carbonyl (C=O) groups is 1. The van der Waals surface area contributed by atoms with Gasteiger partial charge in [0.05, 0.1) is 4.92 Å². The van der Waals surface area contributed by atoms with Gasteiger partial charge in [0.2, 0.25) is 5.91 Å². The minimum atomic E-state index is -0.780. The molecule has 7 nitrogen and oxygen atoms in total. The molecule has 1 amide bonds. The average Bonchev–Trinajstić information content (AvgIpc) is 2.52. The predicted molar refractivity (Wildman–Crippen MR) is 93.4 cm³/mol. The van der Waals surface area contributed by atoms with E-state index in [4.69, 9.17) is 22.1 Å². The molecule has 23 heavy (non-hydrogen) atoms. The first-order valence-corrected chi connectivity index (χ1v) is 7.76. The van der Waals surface area contributed by atoms with Gasteiger partial charge in [-0.1, -0.05) is 39.3 Å². The second-order valence-corrected chi connectivity index (χ2v) is 4.46. The van der Waals surface area contributed by atoms with E-state index in [1.54, 1.807) is 0 Å². The maximum absolute atomic E-state index is 11.1. The van der Waals surface area contributed by atoms with Crippen molar-refractivity contribution in [2.24, 2.45) is 5.73 Å². The predicted octanol–water partition coefficient (Wildman–Crippen LogP) is 3.34. The second kappa shape index (κ2) is 12.7. The molecule has 1 rings (SSSR count). The molecule has 0 fully saturated rings. The molecule has 0 saturated heterocycles. The highest BCUT2D eigenvalue weighted by Gasteiger charge is 2.21. The molecule has 2 N–H and O–H groups in total. The van der Waals surface area contributed by atoms with Gasteiger partial charge in [0.15, 0.2) is 5.02 Å². The van der Waals surface area contributed by atoms with Crippen LogP contribution in [0.5, 0.6) is 5.75 Å². The molecule has 0 atom stereocenters. The fourth-order valence-electron chi connectivity index (χ4n) is 1.30. The van der Waals surface area contributed by atoms with Crippen LogP contribution < -0.4 is 10.5 Å². The quantitative estimate of drug-likeness (QED) is 0.628. The first-order chi connectivity index (χ1) is 10.8. The highest BCUT2D eigenvalue weighted by molar-refractivity contribution is 6.34. The van der Waals surface area contributed by atoms with Gasteiger partial charge in [0, 0.05) is 18.2 Å².